The minimum atomic E-state index is -0.732. The molecule has 1 unspecified atom stereocenters. The molecular weight excluding hydrogens is 338 g/mol. The second kappa shape index (κ2) is 6.85. The van der Waals surface area contributed by atoms with E-state index in [1.807, 2.05) is 24.3 Å². The molecule has 1 saturated heterocycles. The van der Waals surface area contributed by atoms with Crippen LogP contribution in [0.25, 0.3) is 0 Å². The molecule has 0 N–H and O–H groups in total. The summed E-state index contributed by atoms with van der Waals surface area (Å²) < 4.78 is 5.51. The first-order valence-corrected chi connectivity index (χ1v) is 7.43. The lowest BCUT2D eigenvalue weighted by Crippen LogP contribution is -2.47. The van der Waals surface area contributed by atoms with Crippen LogP contribution in [0.1, 0.15) is 12.0 Å². The van der Waals surface area contributed by atoms with Gasteiger partial charge in [0.25, 0.3) is 0 Å². The second-order valence-corrected chi connectivity index (χ2v) is 5.87. The molecule has 0 radical (unpaired) electrons. The number of rotatable bonds is 3. The predicted octanol–water partition coefficient (Wildman–Crippen LogP) is 1.58. The third kappa shape index (κ3) is 3.91. The van der Waals surface area contributed by atoms with E-state index >= 15 is 0 Å². The lowest BCUT2D eigenvalue weighted by Gasteiger charge is -2.29. The summed E-state index contributed by atoms with van der Waals surface area (Å²) >= 11 is 3.36. The molecule has 0 saturated carbocycles. The molecule has 1 aliphatic heterocycles. The van der Waals surface area contributed by atoms with Crippen molar-refractivity contribution in [2.75, 3.05) is 20.2 Å². The molecule has 112 valence electrons. The summed E-state index contributed by atoms with van der Waals surface area (Å²) in [6, 6.07) is 7.49. The number of ether oxygens (including phenoxy) is 1. The van der Waals surface area contributed by atoms with Crippen molar-refractivity contribution in [1.82, 2.24) is 4.90 Å². The Morgan fingerprint density at radius 2 is 2.19 bits per heavy atom. The van der Waals surface area contributed by atoms with Crippen LogP contribution in [0, 0.1) is 5.92 Å². The standard InChI is InChI=1S/C15H16BrNO4/c1-21-15(20)12-5-6-17(9-13(12)18)14(19)8-10-3-2-4-11(16)7-10/h2-4,7,12H,5-6,8-9H2,1H3. The Hall–Kier alpha value is -1.69. The Bertz CT molecular complexity index is 573. The molecule has 5 nitrogen and oxygen atoms in total. The molecule has 1 atom stereocenters. The summed E-state index contributed by atoms with van der Waals surface area (Å²) in [6.45, 7) is 0.380. The van der Waals surface area contributed by atoms with E-state index in [2.05, 4.69) is 20.7 Å². The minimum Gasteiger partial charge on any atom is -0.468 e. The van der Waals surface area contributed by atoms with Crippen LogP contribution in [0.5, 0.6) is 0 Å². The topological polar surface area (TPSA) is 63.7 Å². The Labute approximate surface area is 131 Å². The molecular formula is C15H16BrNO4. The highest BCUT2D eigenvalue weighted by molar-refractivity contribution is 9.10. The molecule has 2 rings (SSSR count). The highest BCUT2D eigenvalue weighted by Gasteiger charge is 2.34. The Morgan fingerprint density at radius 3 is 2.81 bits per heavy atom. The van der Waals surface area contributed by atoms with Crippen LogP contribution in [0.3, 0.4) is 0 Å². The largest absolute Gasteiger partial charge is 0.468 e. The van der Waals surface area contributed by atoms with E-state index in [0.717, 1.165) is 10.0 Å². The number of ketones is 1. The molecule has 0 aliphatic carbocycles. The van der Waals surface area contributed by atoms with E-state index in [1.54, 1.807) is 0 Å². The van der Waals surface area contributed by atoms with Crippen LogP contribution >= 0.6 is 15.9 Å². The van der Waals surface area contributed by atoms with E-state index in [0.29, 0.717) is 13.0 Å². The zero-order chi connectivity index (χ0) is 15.4. The molecule has 1 amide bonds. The maximum absolute atomic E-state index is 12.2. The Morgan fingerprint density at radius 1 is 1.43 bits per heavy atom. The van der Waals surface area contributed by atoms with E-state index < -0.39 is 11.9 Å². The van der Waals surface area contributed by atoms with Gasteiger partial charge in [0.05, 0.1) is 20.1 Å². The summed E-state index contributed by atoms with van der Waals surface area (Å²) in [5.41, 5.74) is 0.886. The van der Waals surface area contributed by atoms with E-state index in [-0.39, 0.29) is 24.7 Å². The van der Waals surface area contributed by atoms with Gasteiger partial charge >= 0.3 is 5.97 Å². The van der Waals surface area contributed by atoms with Crippen LogP contribution in [0.2, 0.25) is 0 Å². The van der Waals surface area contributed by atoms with Crippen LogP contribution in [-0.2, 0) is 25.5 Å². The van der Waals surface area contributed by atoms with Crippen molar-refractivity contribution < 1.29 is 19.1 Å². The van der Waals surface area contributed by atoms with Crippen molar-refractivity contribution in [2.24, 2.45) is 5.92 Å². The molecule has 1 aromatic rings. The lowest BCUT2D eigenvalue weighted by atomic mass is 9.95. The Balaban J connectivity index is 1.96. The first-order chi connectivity index (χ1) is 10.0. The molecule has 1 aliphatic rings. The van der Waals surface area contributed by atoms with Crippen LogP contribution in [0.15, 0.2) is 28.7 Å². The molecule has 1 heterocycles. The van der Waals surface area contributed by atoms with E-state index in [9.17, 15) is 14.4 Å². The Kier molecular flexibility index (Phi) is 5.12. The van der Waals surface area contributed by atoms with Gasteiger partial charge in [-0.25, -0.2) is 0 Å². The number of esters is 1. The number of amides is 1. The third-order valence-corrected chi connectivity index (χ3v) is 4.00. The van der Waals surface area contributed by atoms with Gasteiger partial charge in [-0.1, -0.05) is 28.1 Å². The van der Waals surface area contributed by atoms with E-state index in [1.165, 1.54) is 12.0 Å². The first-order valence-electron chi connectivity index (χ1n) is 6.64. The van der Waals surface area contributed by atoms with Crippen molar-refractivity contribution in [1.29, 1.82) is 0 Å². The van der Waals surface area contributed by atoms with Gasteiger partial charge in [-0.15, -0.1) is 0 Å². The predicted molar refractivity (Wildman–Crippen MR) is 79.6 cm³/mol. The lowest BCUT2D eigenvalue weighted by molar-refractivity contribution is -0.154. The number of nitrogens with zero attached hydrogens (tertiary/aromatic N) is 1. The van der Waals surface area contributed by atoms with Crippen molar-refractivity contribution in [2.45, 2.75) is 12.8 Å². The number of methoxy groups -OCH3 is 1. The third-order valence-electron chi connectivity index (χ3n) is 3.51. The fraction of sp³-hybridized carbons (Fsp3) is 0.400. The first kappa shape index (κ1) is 15.7. The number of likely N-dealkylation sites (tertiary alicyclic amines) is 1. The van der Waals surface area contributed by atoms with Crippen molar-refractivity contribution in [3.05, 3.63) is 34.3 Å². The van der Waals surface area contributed by atoms with E-state index in [4.69, 9.17) is 0 Å². The highest BCUT2D eigenvalue weighted by atomic mass is 79.9. The average molecular weight is 354 g/mol. The normalized spacial score (nSPS) is 18.5. The van der Waals surface area contributed by atoms with Crippen LogP contribution < -0.4 is 0 Å². The second-order valence-electron chi connectivity index (χ2n) is 4.95. The number of carbonyl (C=O) groups is 3. The van der Waals surface area contributed by atoms with Gasteiger partial charge in [0.1, 0.15) is 5.92 Å². The van der Waals surface area contributed by atoms with Gasteiger partial charge < -0.3 is 9.64 Å². The monoisotopic (exact) mass is 353 g/mol. The SMILES string of the molecule is COC(=O)C1CCN(C(=O)Cc2cccc(Br)c2)CC1=O. The van der Waals surface area contributed by atoms with Gasteiger partial charge in [-0.05, 0) is 24.1 Å². The van der Waals surface area contributed by atoms with Crippen molar-refractivity contribution in [3.63, 3.8) is 0 Å². The van der Waals surface area contributed by atoms with Gasteiger partial charge in [-0.2, -0.15) is 0 Å². The number of carbonyl (C=O) groups excluding carboxylic acids is 3. The maximum atomic E-state index is 12.2. The molecule has 1 aromatic carbocycles. The number of hydrogen-bond donors (Lipinski definition) is 0. The highest BCUT2D eigenvalue weighted by Crippen LogP contribution is 2.18. The number of hydrogen-bond acceptors (Lipinski definition) is 4. The van der Waals surface area contributed by atoms with Crippen LogP contribution in [0.4, 0.5) is 0 Å². The van der Waals surface area contributed by atoms with Gasteiger partial charge in [0, 0.05) is 11.0 Å². The number of halogens is 1. The quantitative estimate of drug-likeness (QED) is 0.611. The molecule has 21 heavy (non-hydrogen) atoms. The molecule has 0 spiro atoms. The molecule has 1 fully saturated rings. The zero-order valence-corrected chi connectivity index (χ0v) is 13.3. The average Bonchev–Trinajstić information content (AvgIpc) is 2.46. The van der Waals surface area contributed by atoms with Crippen LogP contribution in [-0.4, -0.2) is 42.8 Å². The summed E-state index contributed by atoms with van der Waals surface area (Å²) in [4.78, 5) is 37.1. The molecule has 0 bridgehead atoms. The minimum absolute atomic E-state index is 0.0212. The summed E-state index contributed by atoms with van der Waals surface area (Å²) in [6.07, 6.45) is 0.575. The zero-order valence-electron chi connectivity index (χ0n) is 11.7. The summed E-state index contributed by atoms with van der Waals surface area (Å²) in [7, 11) is 1.26. The van der Waals surface area contributed by atoms with Gasteiger partial charge in [0.15, 0.2) is 5.78 Å². The van der Waals surface area contributed by atoms with Crippen molar-refractivity contribution in [3.8, 4) is 0 Å². The number of benzene rings is 1. The summed E-state index contributed by atoms with van der Waals surface area (Å²) in [5.74, 6) is -1.61. The summed E-state index contributed by atoms with van der Waals surface area (Å²) in [5, 5.41) is 0. The number of piperidine rings is 1. The molecule has 6 heteroatoms. The smallest absolute Gasteiger partial charge is 0.316 e. The fourth-order valence-corrected chi connectivity index (χ4v) is 2.81. The van der Waals surface area contributed by atoms with Crippen molar-refractivity contribution >= 4 is 33.6 Å². The van der Waals surface area contributed by atoms with Gasteiger partial charge in [-0.3, -0.25) is 14.4 Å². The molecule has 0 aromatic heterocycles. The number of Topliss-reactive ketones (excluding diaryl/α,β-unsaturated/α-hetero) is 1. The van der Waals surface area contributed by atoms with Gasteiger partial charge in [0.2, 0.25) is 5.91 Å². The fourth-order valence-electron chi connectivity index (χ4n) is 2.36. The maximum Gasteiger partial charge on any atom is 0.316 e.